The Bertz CT molecular complexity index is 466. The molecule has 0 aliphatic carbocycles. The molecule has 0 saturated carbocycles. The van der Waals surface area contributed by atoms with Gasteiger partial charge in [0.05, 0.1) is 0 Å². The maximum absolute atomic E-state index is 12.6. The van der Waals surface area contributed by atoms with Crippen LogP contribution in [-0.4, -0.2) is 24.8 Å². The van der Waals surface area contributed by atoms with Crippen molar-refractivity contribution in [1.82, 2.24) is 9.88 Å². The molecule has 1 rings (SSSR count). The van der Waals surface area contributed by atoms with E-state index in [1.807, 2.05) is 18.4 Å². The summed E-state index contributed by atoms with van der Waals surface area (Å²) >= 11 is 0. The minimum Gasteiger partial charge on any atom is -0.385 e. The number of nitrogens with one attached hydrogen (secondary N) is 1. The Morgan fingerprint density at radius 1 is 1.30 bits per heavy atom. The van der Waals surface area contributed by atoms with Gasteiger partial charge in [0.2, 0.25) is 0 Å². The molecule has 0 atom stereocenters. The molecule has 4 heteroatoms. The topological polar surface area (TPSA) is 43.3 Å². The van der Waals surface area contributed by atoms with Gasteiger partial charge >= 0.3 is 0 Å². The standard InChI is InChI=1S/C16H28N2O2/c1-5-6-8-17-12-15-13(2)11-14(3)18(16(15)19)9-7-10-20-4/h11,17H,5-10,12H2,1-4H3. The lowest BCUT2D eigenvalue weighted by atomic mass is 10.1. The van der Waals surface area contributed by atoms with Crippen LogP contribution in [0.4, 0.5) is 0 Å². The fourth-order valence-corrected chi connectivity index (χ4v) is 2.35. The molecule has 0 aliphatic heterocycles. The second kappa shape index (κ2) is 8.93. The molecule has 0 aromatic carbocycles. The normalized spacial score (nSPS) is 11.0. The highest BCUT2D eigenvalue weighted by molar-refractivity contribution is 5.26. The summed E-state index contributed by atoms with van der Waals surface area (Å²) in [6, 6.07) is 2.10. The highest BCUT2D eigenvalue weighted by atomic mass is 16.5. The minimum atomic E-state index is 0.141. The molecule has 114 valence electrons. The molecule has 0 spiro atoms. The molecule has 0 unspecified atom stereocenters. The average molecular weight is 280 g/mol. The van der Waals surface area contributed by atoms with Gasteiger partial charge in [-0.3, -0.25) is 4.79 Å². The van der Waals surface area contributed by atoms with Gasteiger partial charge in [-0.25, -0.2) is 0 Å². The molecular weight excluding hydrogens is 252 g/mol. The van der Waals surface area contributed by atoms with Crippen molar-refractivity contribution in [3.05, 3.63) is 33.2 Å². The second-order valence-electron chi connectivity index (χ2n) is 5.28. The van der Waals surface area contributed by atoms with Gasteiger partial charge in [-0.2, -0.15) is 0 Å². The summed E-state index contributed by atoms with van der Waals surface area (Å²) < 4.78 is 6.93. The Labute approximate surface area is 122 Å². The quantitative estimate of drug-likeness (QED) is 0.706. The predicted octanol–water partition coefficient (Wildman–Crippen LogP) is 2.39. The molecule has 0 saturated heterocycles. The van der Waals surface area contributed by atoms with E-state index in [2.05, 4.69) is 18.3 Å². The molecule has 0 bridgehead atoms. The second-order valence-corrected chi connectivity index (χ2v) is 5.28. The molecule has 0 radical (unpaired) electrons. The predicted molar refractivity (Wildman–Crippen MR) is 83.3 cm³/mol. The average Bonchev–Trinajstić information content (AvgIpc) is 2.41. The van der Waals surface area contributed by atoms with Crippen molar-refractivity contribution in [3.8, 4) is 0 Å². The van der Waals surface area contributed by atoms with Crippen LogP contribution in [0, 0.1) is 13.8 Å². The van der Waals surface area contributed by atoms with Crippen molar-refractivity contribution >= 4 is 0 Å². The van der Waals surface area contributed by atoms with Crippen molar-refractivity contribution in [2.45, 2.75) is 53.1 Å². The van der Waals surface area contributed by atoms with Crippen molar-refractivity contribution in [2.75, 3.05) is 20.3 Å². The van der Waals surface area contributed by atoms with Crippen LogP contribution in [0.25, 0.3) is 0 Å². The van der Waals surface area contributed by atoms with Crippen LogP contribution >= 0.6 is 0 Å². The summed E-state index contributed by atoms with van der Waals surface area (Å²) in [6.45, 7) is 9.22. The van der Waals surface area contributed by atoms with Crippen LogP contribution in [-0.2, 0) is 17.8 Å². The molecule has 1 heterocycles. The van der Waals surface area contributed by atoms with Crippen LogP contribution in [0.2, 0.25) is 0 Å². The molecule has 0 fully saturated rings. The van der Waals surface area contributed by atoms with Crippen LogP contribution in [0.3, 0.4) is 0 Å². The number of rotatable bonds is 9. The Morgan fingerprint density at radius 2 is 2.05 bits per heavy atom. The Morgan fingerprint density at radius 3 is 2.70 bits per heavy atom. The van der Waals surface area contributed by atoms with E-state index in [0.29, 0.717) is 13.2 Å². The first kappa shape index (κ1) is 16.9. The Hall–Kier alpha value is -1.13. The number of pyridine rings is 1. The summed E-state index contributed by atoms with van der Waals surface area (Å²) in [5.74, 6) is 0. The zero-order valence-corrected chi connectivity index (χ0v) is 13.3. The highest BCUT2D eigenvalue weighted by Gasteiger charge is 2.09. The van der Waals surface area contributed by atoms with Gasteiger partial charge in [-0.15, -0.1) is 0 Å². The van der Waals surface area contributed by atoms with Gasteiger partial charge in [0.1, 0.15) is 0 Å². The smallest absolute Gasteiger partial charge is 0.255 e. The zero-order chi connectivity index (χ0) is 15.0. The third-order valence-electron chi connectivity index (χ3n) is 3.57. The fourth-order valence-electron chi connectivity index (χ4n) is 2.35. The third kappa shape index (κ3) is 4.76. The van der Waals surface area contributed by atoms with Gasteiger partial charge in [0.25, 0.3) is 5.56 Å². The third-order valence-corrected chi connectivity index (χ3v) is 3.57. The van der Waals surface area contributed by atoms with Gasteiger partial charge in [-0.05, 0) is 44.9 Å². The molecular formula is C16H28N2O2. The number of unbranched alkanes of at least 4 members (excludes halogenated alkanes) is 1. The van der Waals surface area contributed by atoms with E-state index in [0.717, 1.165) is 42.8 Å². The van der Waals surface area contributed by atoms with Crippen molar-refractivity contribution in [2.24, 2.45) is 0 Å². The van der Waals surface area contributed by atoms with E-state index >= 15 is 0 Å². The van der Waals surface area contributed by atoms with Crippen LogP contribution in [0.1, 0.15) is 43.0 Å². The van der Waals surface area contributed by atoms with E-state index in [1.54, 1.807) is 7.11 Å². The van der Waals surface area contributed by atoms with E-state index in [1.165, 1.54) is 6.42 Å². The monoisotopic (exact) mass is 280 g/mol. The molecule has 20 heavy (non-hydrogen) atoms. The fraction of sp³-hybridized carbons (Fsp3) is 0.688. The van der Waals surface area contributed by atoms with Gasteiger partial charge in [0.15, 0.2) is 0 Å². The maximum atomic E-state index is 12.6. The number of hydrogen-bond donors (Lipinski definition) is 1. The summed E-state index contributed by atoms with van der Waals surface area (Å²) in [4.78, 5) is 12.6. The van der Waals surface area contributed by atoms with Gasteiger partial charge in [0, 0.05) is 38.1 Å². The zero-order valence-electron chi connectivity index (χ0n) is 13.3. The largest absolute Gasteiger partial charge is 0.385 e. The van der Waals surface area contributed by atoms with Gasteiger partial charge in [-0.1, -0.05) is 13.3 Å². The van der Waals surface area contributed by atoms with Crippen LogP contribution in [0.5, 0.6) is 0 Å². The lowest BCUT2D eigenvalue weighted by molar-refractivity contribution is 0.189. The summed E-state index contributed by atoms with van der Waals surface area (Å²) in [5.41, 5.74) is 3.15. The highest BCUT2D eigenvalue weighted by Crippen LogP contribution is 2.07. The van der Waals surface area contributed by atoms with E-state index in [-0.39, 0.29) is 5.56 Å². The maximum Gasteiger partial charge on any atom is 0.255 e. The van der Waals surface area contributed by atoms with Crippen molar-refractivity contribution in [3.63, 3.8) is 0 Å². The van der Waals surface area contributed by atoms with Crippen molar-refractivity contribution < 1.29 is 4.74 Å². The molecule has 1 aromatic heterocycles. The molecule has 0 amide bonds. The number of aromatic nitrogens is 1. The van der Waals surface area contributed by atoms with Gasteiger partial charge < -0.3 is 14.6 Å². The molecule has 4 nitrogen and oxygen atoms in total. The molecule has 0 aliphatic rings. The Kier molecular flexibility index (Phi) is 7.55. The lowest BCUT2D eigenvalue weighted by Crippen LogP contribution is -2.30. The summed E-state index contributed by atoms with van der Waals surface area (Å²) in [6.07, 6.45) is 3.18. The Balaban J connectivity index is 2.83. The van der Waals surface area contributed by atoms with E-state index < -0.39 is 0 Å². The van der Waals surface area contributed by atoms with E-state index in [4.69, 9.17) is 4.74 Å². The SMILES string of the molecule is CCCCNCc1c(C)cc(C)n(CCCOC)c1=O. The number of methoxy groups -OCH3 is 1. The number of ether oxygens (including phenoxy) is 1. The number of aryl methyl sites for hydroxylation is 2. The lowest BCUT2D eigenvalue weighted by Gasteiger charge is -2.15. The van der Waals surface area contributed by atoms with Crippen LogP contribution in [0.15, 0.2) is 10.9 Å². The number of nitrogens with zero attached hydrogens (tertiary/aromatic N) is 1. The number of hydrogen-bond acceptors (Lipinski definition) is 3. The summed E-state index contributed by atoms with van der Waals surface area (Å²) in [7, 11) is 1.69. The van der Waals surface area contributed by atoms with Crippen molar-refractivity contribution in [1.29, 1.82) is 0 Å². The first-order chi connectivity index (χ1) is 9.61. The van der Waals surface area contributed by atoms with E-state index in [9.17, 15) is 4.79 Å². The first-order valence-corrected chi connectivity index (χ1v) is 7.51. The first-order valence-electron chi connectivity index (χ1n) is 7.51. The molecule has 1 aromatic rings. The minimum absolute atomic E-state index is 0.141. The summed E-state index contributed by atoms with van der Waals surface area (Å²) in [5, 5.41) is 3.36. The van der Waals surface area contributed by atoms with Crippen LogP contribution < -0.4 is 10.9 Å². The molecule has 1 N–H and O–H groups in total.